The average Bonchev–Trinajstić information content (AvgIpc) is 2.81. The van der Waals surface area contributed by atoms with Gasteiger partial charge in [0, 0.05) is 17.2 Å². The number of nitrogens with one attached hydrogen (secondary N) is 1. The highest BCUT2D eigenvalue weighted by Crippen LogP contribution is 2.52. The molecule has 1 aliphatic rings. The Bertz CT molecular complexity index is 745. The lowest BCUT2D eigenvalue weighted by molar-refractivity contribution is -0.159. The first-order valence-electron chi connectivity index (χ1n) is 7.73. The van der Waals surface area contributed by atoms with E-state index in [0.717, 1.165) is 23.0 Å². The number of aryl methyl sites for hydroxylation is 1. The SMILES string of the molecule is Cc1ccc(NC2=NC(c3ccccc3)(C(F)(F)F)SCCS2)cc1. The Hall–Kier alpha value is -1.60. The third-order valence-electron chi connectivity index (χ3n) is 3.74. The van der Waals surface area contributed by atoms with Crippen LogP contribution in [0.25, 0.3) is 0 Å². The number of aliphatic imine (C=N–C) groups is 1. The zero-order chi connectivity index (χ0) is 17.9. The van der Waals surface area contributed by atoms with Crippen molar-refractivity contribution in [3.05, 3.63) is 65.7 Å². The second-order valence-electron chi connectivity index (χ2n) is 5.61. The molecule has 0 aromatic heterocycles. The predicted molar refractivity (Wildman–Crippen MR) is 101 cm³/mol. The fraction of sp³-hybridized carbons (Fsp3) is 0.278. The molecule has 0 spiro atoms. The molecule has 3 rings (SSSR count). The van der Waals surface area contributed by atoms with Gasteiger partial charge in [0.2, 0.25) is 4.87 Å². The van der Waals surface area contributed by atoms with Crippen molar-refractivity contribution >= 4 is 34.4 Å². The normalized spacial score (nSPS) is 21.4. The van der Waals surface area contributed by atoms with E-state index in [1.165, 1.54) is 23.9 Å². The monoisotopic (exact) mass is 382 g/mol. The fourth-order valence-electron chi connectivity index (χ4n) is 2.48. The number of nitrogens with zero attached hydrogens (tertiary/aromatic N) is 1. The Morgan fingerprint density at radius 2 is 1.68 bits per heavy atom. The van der Waals surface area contributed by atoms with Gasteiger partial charge in [0.05, 0.1) is 0 Å². The zero-order valence-corrected chi connectivity index (χ0v) is 15.1. The van der Waals surface area contributed by atoms with Gasteiger partial charge in [-0.15, -0.1) is 11.8 Å². The van der Waals surface area contributed by atoms with E-state index >= 15 is 0 Å². The smallest absolute Gasteiger partial charge is 0.335 e. The maximum Gasteiger partial charge on any atom is 0.427 e. The van der Waals surface area contributed by atoms with Crippen LogP contribution in [0, 0.1) is 6.92 Å². The minimum absolute atomic E-state index is 0.151. The molecule has 0 aliphatic carbocycles. The number of hydrogen-bond acceptors (Lipinski definition) is 4. The minimum Gasteiger partial charge on any atom is -0.335 e. The van der Waals surface area contributed by atoms with E-state index in [9.17, 15) is 13.2 Å². The van der Waals surface area contributed by atoms with Crippen molar-refractivity contribution in [2.45, 2.75) is 18.0 Å². The third-order valence-corrected chi connectivity index (χ3v) is 6.26. The van der Waals surface area contributed by atoms with Gasteiger partial charge >= 0.3 is 6.18 Å². The summed E-state index contributed by atoms with van der Waals surface area (Å²) in [5.74, 6) is 0.925. The van der Waals surface area contributed by atoms with Gasteiger partial charge in [-0.2, -0.15) is 13.2 Å². The van der Waals surface area contributed by atoms with E-state index in [0.29, 0.717) is 11.5 Å². The fourth-order valence-corrected chi connectivity index (χ4v) is 4.71. The lowest BCUT2D eigenvalue weighted by atomic mass is 10.1. The summed E-state index contributed by atoms with van der Waals surface area (Å²) < 4.78 is 42.2. The number of anilines is 1. The summed E-state index contributed by atoms with van der Waals surface area (Å²) >= 11 is 2.15. The number of alkyl halides is 3. The van der Waals surface area contributed by atoms with Crippen LogP contribution in [0.1, 0.15) is 11.1 Å². The van der Waals surface area contributed by atoms with Crippen LogP contribution >= 0.6 is 23.5 Å². The molecule has 25 heavy (non-hydrogen) atoms. The molecular formula is C18H17F3N2S2. The van der Waals surface area contributed by atoms with Gasteiger partial charge in [-0.1, -0.05) is 59.8 Å². The topological polar surface area (TPSA) is 24.4 Å². The summed E-state index contributed by atoms with van der Waals surface area (Å²) in [6, 6.07) is 15.4. The van der Waals surface area contributed by atoms with E-state index in [-0.39, 0.29) is 10.7 Å². The van der Waals surface area contributed by atoms with Crippen LogP contribution in [0.3, 0.4) is 0 Å². The van der Waals surface area contributed by atoms with E-state index in [2.05, 4.69) is 10.3 Å². The average molecular weight is 382 g/mol. The molecule has 1 heterocycles. The highest BCUT2D eigenvalue weighted by atomic mass is 32.2. The van der Waals surface area contributed by atoms with Gasteiger partial charge < -0.3 is 5.32 Å². The second-order valence-corrected chi connectivity index (χ2v) is 7.98. The Balaban J connectivity index is 2.02. The molecule has 132 valence electrons. The van der Waals surface area contributed by atoms with Crippen molar-refractivity contribution in [3.63, 3.8) is 0 Å². The molecule has 0 fully saturated rings. The van der Waals surface area contributed by atoms with Gasteiger partial charge in [0.25, 0.3) is 0 Å². The molecule has 2 nitrogen and oxygen atoms in total. The van der Waals surface area contributed by atoms with Crippen molar-refractivity contribution in [3.8, 4) is 0 Å². The molecule has 1 N–H and O–H groups in total. The largest absolute Gasteiger partial charge is 0.427 e. The Morgan fingerprint density at radius 3 is 2.32 bits per heavy atom. The third kappa shape index (κ3) is 3.98. The maximum absolute atomic E-state index is 14.1. The van der Waals surface area contributed by atoms with Gasteiger partial charge in [0.1, 0.15) is 0 Å². The highest BCUT2D eigenvalue weighted by molar-refractivity contribution is 8.15. The Labute approximate surface area is 153 Å². The zero-order valence-electron chi connectivity index (χ0n) is 13.5. The molecule has 0 amide bonds. The van der Waals surface area contributed by atoms with Gasteiger partial charge in [-0.25, -0.2) is 4.99 Å². The summed E-state index contributed by atoms with van der Waals surface area (Å²) in [5, 5.41) is 3.33. The summed E-state index contributed by atoms with van der Waals surface area (Å²) in [6.45, 7) is 1.96. The standard InChI is InChI=1S/C18H17F3N2S2/c1-13-7-9-15(10-8-13)22-16-23-17(18(19,20)21,25-12-11-24-16)14-5-3-2-4-6-14/h2-10H,11-12H2,1H3,(H,22,23). The number of halogens is 3. The first-order chi connectivity index (χ1) is 11.9. The van der Waals surface area contributed by atoms with Gasteiger partial charge in [-0.05, 0) is 24.6 Å². The van der Waals surface area contributed by atoms with Crippen LogP contribution in [0.2, 0.25) is 0 Å². The highest BCUT2D eigenvalue weighted by Gasteiger charge is 2.57. The number of hydrogen-bond donors (Lipinski definition) is 1. The van der Waals surface area contributed by atoms with Crippen LogP contribution in [0.15, 0.2) is 59.6 Å². The van der Waals surface area contributed by atoms with E-state index in [1.54, 1.807) is 18.2 Å². The van der Waals surface area contributed by atoms with E-state index in [1.807, 2.05) is 31.2 Å². The molecule has 0 radical (unpaired) electrons. The van der Waals surface area contributed by atoms with Crippen LogP contribution in [0.4, 0.5) is 18.9 Å². The minimum atomic E-state index is -4.50. The van der Waals surface area contributed by atoms with Gasteiger partial charge in [-0.3, -0.25) is 0 Å². The number of benzene rings is 2. The van der Waals surface area contributed by atoms with Crippen molar-refractivity contribution in [2.24, 2.45) is 4.99 Å². The number of rotatable bonds is 2. The van der Waals surface area contributed by atoms with E-state index < -0.39 is 11.0 Å². The molecule has 0 bridgehead atoms. The van der Waals surface area contributed by atoms with Crippen LogP contribution in [0.5, 0.6) is 0 Å². The molecule has 1 unspecified atom stereocenters. The summed E-state index contributed by atoms with van der Waals surface area (Å²) in [4.78, 5) is 1.89. The summed E-state index contributed by atoms with van der Waals surface area (Å²) in [5.41, 5.74) is 1.97. The van der Waals surface area contributed by atoms with E-state index in [4.69, 9.17) is 0 Å². The first kappa shape index (κ1) is 18.2. The van der Waals surface area contributed by atoms with Crippen LogP contribution in [-0.4, -0.2) is 22.8 Å². The van der Waals surface area contributed by atoms with Crippen molar-refractivity contribution in [1.29, 1.82) is 0 Å². The number of thioether (sulfide) groups is 2. The quantitative estimate of drug-likeness (QED) is 0.725. The lowest BCUT2D eigenvalue weighted by Crippen LogP contribution is -2.38. The first-order valence-corrected chi connectivity index (χ1v) is 9.70. The molecule has 2 aromatic carbocycles. The molecule has 0 saturated heterocycles. The Morgan fingerprint density at radius 1 is 1.00 bits per heavy atom. The van der Waals surface area contributed by atoms with Crippen LogP contribution in [-0.2, 0) is 4.87 Å². The van der Waals surface area contributed by atoms with Gasteiger partial charge in [0.15, 0.2) is 5.17 Å². The molecule has 1 aliphatic heterocycles. The second kappa shape index (κ2) is 7.33. The molecular weight excluding hydrogens is 365 g/mol. The summed E-state index contributed by atoms with van der Waals surface area (Å²) in [6.07, 6.45) is -4.50. The lowest BCUT2D eigenvalue weighted by Gasteiger charge is -2.31. The molecule has 7 heteroatoms. The summed E-state index contributed by atoms with van der Waals surface area (Å²) in [7, 11) is 0. The molecule has 2 aromatic rings. The van der Waals surface area contributed by atoms with Crippen molar-refractivity contribution in [2.75, 3.05) is 16.8 Å². The maximum atomic E-state index is 14.1. The number of amidine groups is 1. The van der Waals surface area contributed by atoms with Crippen LogP contribution < -0.4 is 5.32 Å². The van der Waals surface area contributed by atoms with Crippen molar-refractivity contribution < 1.29 is 13.2 Å². The molecule has 1 atom stereocenters. The molecule has 0 saturated carbocycles. The van der Waals surface area contributed by atoms with Crippen molar-refractivity contribution in [1.82, 2.24) is 0 Å². The Kier molecular flexibility index (Phi) is 5.34. The predicted octanol–water partition coefficient (Wildman–Crippen LogP) is 5.66.